The average Bonchev–Trinajstić information content (AvgIpc) is 2.81. The second-order valence-electron chi connectivity index (χ2n) is 7.77. The maximum atomic E-state index is 10.5. The molecule has 1 aliphatic carbocycles. The number of allylic oxidation sites excluding steroid dienone is 2. The minimum absolute atomic E-state index is 0.00528. The summed E-state index contributed by atoms with van der Waals surface area (Å²) in [4.78, 5) is 10.5. The van der Waals surface area contributed by atoms with E-state index in [0.717, 1.165) is 32.1 Å². The Bertz CT molecular complexity index is 467. The van der Waals surface area contributed by atoms with Gasteiger partial charge in [0.1, 0.15) is 0 Å². The molecule has 5 nitrogen and oxygen atoms in total. The van der Waals surface area contributed by atoms with E-state index in [2.05, 4.69) is 6.08 Å². The fourth-order valence-corrected chi connectivity index (χ4v) is 3.68. The van der Waals surface area contributed by atoms with Crippen molar-refractivity contribution in [2.45, 2.75) is 89.9 Å². The van der Waals surface area contributed by atoms with Crippen molar-refractivity contribution in [3.63, 3.8) is 0 Å². The number of aliphatic hydroxyl groups excluding tert-OH is 3. The monoisotopic (exact) mass is 368 g/mol. The first kappa shape index (κ1) is 22.9. The van der Waals surface area contributed by atoms with Gasteiger partial charge < -0.3 is 20.4 Å². The van der Waals surface area contributed by atoms with E-state index in [9.17, 15) is 20.1 Å². The molecule has 0 aliphatic heterocycles. The molecule has 1 aliphatic rings. The molecular weight excluding hydrogens is 332 g/mol. The highest BCUT2D eigenvalue weighted by Crippen LogP contribution is 2.37. The van der Waals surface area contributed by atoms with Crippen LogP contribution in [0.5, 0.6) is 0 Å². The Kier molecular flexibility index (Phi) is 10.8. The van der Waals surface area contributed by atoms with E-state index < -0.39 is 24.3 Å². The van der Waals surface area contributed by atoms with E-state index in [4.69, 9.17) is 5.11 Å². The first-order valence-corrected chi connectivity index (χ1v) is 9.89. The number of aliphatic carboxylic acids is 1. The third kappa shape index (κ3) is 8.97. The number of hydrogen-bond donors (Lipinski definition) is 4. The minimum atomic E-state index is -0.757. The highest BCUT2D eigenvalue weighted by molar-refractivity contribution is 5.66. The van der Waals surface area contributed by atoms with Crippen molar-refractivity contribution in [1.29, 1.82) is 0 Å². The van der Waals surface area contributed by atoms with Crippen LogP contribution in [0.3, 0.4) is 0 Å². The maximum Gasteiger partial charge on any atom is 0.303 e. The molecule has 1 fully saturated rings. The molecule has 150 valence electrons. The standard InChI is InChI=1S/C21H36O5/c1-15(2)8-7-9-16(22)12-13-18-17(19(23)14-20(18)24)10-5-3-4-6-11-21(25)26/h8,12-13,16-20,22-24H,3-7,9-11,14H2,1-2H3,(H,25,26)/t16-,17-,18-,19+,20-/m1/s1. The molecule has 0 aromatic heterocycles. The van der Waals surface area contributed by atoms with Crippen LogP contribution >= 0.6 is 0 Å². The largest absolute Gasteiger partial charge is 0.481 e. The number of carbonyl (C=O) groups is 1. The van der Waals surface area contributed by atoms with Crippen molar-refractivity contribution in [1.82, 2.24) is 0 Å². The molecule has 5 atom stereocenters. The summed E-state index contributed by atoms with van der Waals surface area (Å²) in [5.41, 5.74) is 1.24. The number of unbranched alkanes of at least 4 members (excludes halogenated alkanes) is 3. The third-order valence-electron chi connectivity index (χ3n) is 5.16. The van der Waals surface area contributed by atoms with Crippen LogP contribution in [-0.4, -0.2) is 44.7 Å². The van der Waals surface area contributed by atoms with Gasteiger partial charge in [-0.3, -0.25) is 4.79 Å². The molecule has 0 bridgehead atoms. The zero-order chi connectivity index (χ0) is 19.5. The van der Waals surface area contributed by atoms with Gasteiger partial charge in [0.2, 0.25) is 0 Å². The lowest BCUT2D eigenvalue weighted by atomic mass is 9.88. The lowest BCUT2D eigenvalue weighted by Gasteiger charge is -2.21. The van der Waals surface area contributed by atoms with Crippen molar-refractivity contribution < 1.29 is 25.2 Å². The van der Waals surface area contributed by atoms with Gasteiger partial charge in [-0.2, -0.15) is 0 Å². The molecule has 1 saturated carbocycles. The van der Waals surface area contributed by atoms with Gasteiger partial charge in [0.05, 0.1) is 18.3 Å². The Morgan fingerprint density at radius 1 is 1.12 bits per heavy atom. The number of carboxylic acids is 1. The molecule has 1 rings (SSSR count). The fraction of sp³-hybridized carbons (Fsp3) is 0.762. The topological polar surface area (TPSA) is 98.0 Å². The zero-order valence-electron chi connectivity index (χ0n) is 16.2. The van der Waals surface area contributed by atoms with Gasteiger partial charge in [-0.1, -0.05) is 43.1 Å². The number of carboxylic acid groups (broad SMARTS) is 1. The molecule has 0 saturated heterocycles. The summed E-state index contributed by atoms with van der Waals surface area (Å²) >= 11 is 0. The summed E-state index contributed by atoms with van der Waals surface area (Å²) in [5.74, 6) is -0.875. The van der Waals surface area contributed by atoms with Crippen molar-refractivity contribution in [2.75, 3.05) is 0 Å². The lowest BCUT2D eigenvalue weighted by molar-refractivity contribution is -0.137. The van der Waals surface area contributed by atoms with Crippen LogP contribution in [0.1, 0.15) is 71.6 Å². The summed E-state index contributed by atoms with van der Waals surface area (Å²) in [6, 6.07) is 0. The van der Waals surface area contributed by atoms with Crippen LogP contribution < -0.4 is 0 Å². The van der Waals surface area contributed by atoms with Crippen LogP contribution in [0, 0.1) is 11.8 Å². The Hall–Kier alpha value is -1.17. The summed E-state index contributed by atoms with van der Waals surface area (Å²) in [7, 11) is 0. The lowest BCUT2D eigenvalue weighted by Crippen LogP contribution is -2.21. The number of aliphatic hydroxyl groups is 3. The molecule has 5 heteroatoms. The van der Waals surface area contributed by atoms with Crippen molar-refractivity contribution in [3.8, 4) is 0 Å². The molecule has 26 heavy (non-hydrogen) atoms. The van der Waals surface area contributed by atoms with E-state index in [0.29, 0.717) is 19.3 Å². The van der Waals surface area contributed by atoms with Gasteiger partial charge in [0.25, 0.3) is 0 Å². The fourth-order valence-electron chi connectivity index (χ4n) is 3.68. The second kappa shape index (κ2) is 12.3. The van der Waals surface area contributed by atoms with Crippen LogP contribution in [0.4, 0.5) is 0 Å². The Morgan fingerprint density at radius 3 is 2.46 bits per heavy atom. The van der Waals surface area contributed by atoms with Gasteiger partial charge in [-0.15, -0.1) is 0 Å². The summed E-state index contributed by atoms with van der Waals surface area (Å²) in [6.45, 7) is 4.07. The number of rotatable bonds is 12. The van der Waals surface area contributed by atoms with Gasteiger partial charge in [-0.05, 0) is 45.4 Å². The molecular formula is C21H36O5. The second-order valence-corrected chi connectivity index (χ2v) is 7.77. The highest BCUT2D eigenvalue weighted by atomic mass is 16.4. The normalized spacial score (nSPS) is 27.0. The van der Waals surface area contributed by atoms with Crippen LogP contribution in [-0.2, 0) is 4.79 Å². The molecule has 0 heterocycles. The minimum Gasteiger partial charge on any atom is -0.481 e. The Morgan fingerprint density at radius 2 is 1.81 bits per heavy atom. The van der Waals surface area contributed by atoms with Crippen molar-refractivity contribution in [3.05, 3.63) is 23.8 Å². The van der Waals surface area contributed by atoms with Crippen molar-refractivity contribution in [2.24, 2.45) is 11.8 Å². The van der Waals surface area contributed by atoms with E-state index in [-0.39, 0.29) is 18.3 Å². The predicted octanol–water partition coefficient (Wildman–Crippen LogP) is 3.43. The quantitative estimate of drug-likeness (QED) is 0.312. The summed E-state index contributed by atoms with van der Waals surface area (Å²) < 4.78 is 0. The van der Waals surface area contributed by atoms with E-state index in [1.807, 2.05) is 19.9 Å². The average molecular weight is 369 g/mol. The zero-order valence-corrected chi connectivity index (χ0v) is 16.2. The van der Waals surface area contributed by atoms with E-state index >= 15 is 0 Å². The molecule has 4 N–H and O–H groups in total. The molecule has 0 amide bonds. The summed E-state index contributed by atoms with van der Waals surface area (Å²) in [6.07, 6.45) is 10.4. The Balaban J connectivity index is 2.41. The third-order valence-corrected chi connectivity index (χ3v) is 5.16. The molecule has 0 aromatic carbocycles. The van der Waals surface area contributed by atoms with Crippen LogP contribution in [0.25, 0.3) is 0 Å². The van der Waals surface area contributed by atoms with Gasteiger partial charge in [0, 0.05) is 18.8 Å². The number of hydrogen-bond acceptors (Lipinski definition) is 4. The SMILES string of the molecule is CC(C)=CCC[C@@H](O)C=C[C@@H]1[C@@H](CCCCCCC(=O)O)[C@@H](O)C[C@H]1O. The Labute approximate surface area is 157 Å². The molecule has 0 radical (unpaired) electrons. The van der Waals surface area contributed by atoms with Gasteiger partial charge in [-0.25, -0.2) is 0 Å². The van der Waals surface area contributed by atoms with Gasteiger partial charge >= 0.3 is 5.97 Å². The molecule has 0 unspecified atom stereocenters. The maximum absolute atomic E-state index is 10.5. The van der Waals surface area contributed by atoms with Crippen LogP contribution in [0.2, 0.25) is 0 Å². The molecule has 0 spiro atoms. The van der Waals surface area contributed by atoms with Crippen LogP contribution in [0.15, 0.2) is 23.8 Å². The summed E-state index contributed by atoms with van der Waals surface area (Å²) in [5, 5.41) is 39.2. The predicted molar refractivity (Wildman–Crippen MR) is 103 cm³/mol. The smallest absolute Gasteiger partial charge is 0.303 e. The first-order chi connectivity index (χ1) is 12.3. The van der Waals surface area contributed by atoms with Crippen molar-refractivity contribution >= 4 is 5.97 Å². The van der Waals surface area contributed by atoms with E-state index in [1.165, 1.54) is 5.57 Å². The first-order valence-electron chi connectivity index (χ1n) is 9.89. The molecule has 0 aromatic rings. The van der Waals surface area contributed by atoms with Gasteiger partial charge in [0.15, 0.2) is 0 Å². The highest BCUT2D eigenvalue weighted by Gasteiger charge is 2.39. The van der Waals surface area contributed by atoms with E-state index in [1.54, 1.807) is 6.08 Å².